The summed E-state index contributed by atoms with van der Waals surface area (Å²) >= 11 is 5.60. The number of piperidine rings is 3. The van der Waals surface area contributed by atoms with Gasteiger partial charge in [0, 0.05) is 106 Å². The predicted octanol–water partition coefficient (Wildman–Crippen LogP) is 11.4. The Bertz CT molecular complexity index is 4710. The fraction of sp³-hybridized carbons (Fsp3) is 0.477. The van der Waals surface area contributed by atoms with Gasteiger partial charge in [0.2, 0.25) is 0 Å². The Kier molecular flexibility index (Phi) is 28.0. The Morgan fingerprint density at radius 1 is 0.459 bits per heavy atom. The van der Waals surface area contributed by atoms with Crippen LogP contribution in [-0.4, -0.2) is 128 Å². The third kappa shape index (κ3) is 19.1. The van der Waals surface area contributed by atoms with Crippen LogP contribution in [0.5, 0.6) is 0 Å². The molecule has 3 saturated carbocycles. The molecule has 9 atom stereocenters. The average molecular weight is 1670 g/mol. The van der Waals surface area contributed by atoms with Gasteiger partial charge in [-0.05, 0) is 209 Å². The fourth-order valence-electron chi connectivity index (χ4n) is 17.3. The van der Waals surface area contributed by atoms with Gasteiger partial charge in [0.15, 0.2) is 0 Å². The van der Waals surface area contributed by atoms with Crippen LogP contribution in [0, 0.1) is 41.5 Å². The molecule has 6 bridgehead atoms. The number of hydrogen-bond acceptors (Lipinski definition) is 21. The summed E-state index contributed by atoms with van der Waals surface area (Å²) in [6.45, 7) is 13.6. The third-order valence-corrected chi connectivity index (χ3v) is 23.7. The number of aromatic nitrogens is 6. The molecule has 3 aromatic carbocycles. The number of carboxylic acid groups (broad SMARTS) is 1. The zero-order valence-electron chi connectivity index (χ0n) is 64.9. The number of benzene rings is 3. The van der Waals surface area contributed by atoms with Crippen molar-refractivity contribution in [3.63, 3.8) is 0 Å². The first-order chi connectivity index (χ1) is 52.4. The molecule has 582 valence electrons. The number of halogens is 2. The van der Waals surface area contributed by atoms with Gasteiger partial charge in [0.05, 0.1) is 69.0 Å². The maximum Gasteiger partial charge on any atom is 1.00 e. The average Bonchev–Trinajstić information content (AvgIpc) is 1.66. The number of esters is 2. The second kappa shape index (κ2) is 37.2. The number of carboxylic acids is 1. The predicted molar refractivity (Wildman–Crippen MR) is 411 cm³/mol. The summed E-state index contributed by atoms with van der Waals surface area (Å²) in [6, 6.07) is 33.5. The van der Waals surface area contributed by atoms with E-state index >= 15 is 0 Å². The first-order valence-electron chi connectivity index (χ1n) is 38.7. The van der Waals surface area contributed by atoms with Gasteiger partial charge in [0.25, 0.3) is 0 Å². The molecular weight excluding hydrogens is 1570 g/mol. The van der Waals surface area contributed by atoms with Crippen molar-refractivity contribution in [2.45, 2.75) is 249 Å². The number of pyridine rings is 3. The van der Waals surface area contributed by atoms with E-state index in [1.165, 1.54) is 93.0 Å². The topological polar surface area (TPSA) is 283 Å². The molecule has 3 aliphatic carbocycles. The van der Waals surface area contributed by atoms with E-state index < -0.39 is 11.9 Å². The van der Waals surface area contributed by atoms with Crippen LogP contribution in [0.25, 0.3) is 33.8 Å². The van der Waals surface area contributed by atoms with Gasteiger partial charge in [0.1, 0.15) is 51.2 Å². The molecule has 12 heterocycles. The van der Waals surface area contributed by atoms with Crippen LogP contribution in [0.1, 0.15) is 232 Å². The number of nitrogens with one attached hydrogen (secondary N) is 1. The monoisotopic (exact) mass is 1670 g/mol. The summed E-state index contributed by atoms with van der Waals surface area (Å²) in [5, 5.41) is 26.8. The first kappa shape index (κ1) is 83.6. The van der Waals surface area contributed by atoms with Crippen molar-refractivity contribution in [1.82, 2.24) is 35.7 Å². The van der Waals surface area contributed by atoms with E-state index in [1.807, 2.05) is 38.1 Å². The Morgan fingerprint density at radius 2 is 0.784 bits per heavy atom. The zero-order chi connectivity index (χ0) is 74.9. The molecule has 0 spiro atoms. The number of nitrogens with zero attached hydrogens (tertiary/aromatic N) is 8. The van der Waals surface area contributed by atoms with Crippen molar-refractivity contribution in [1.29, 1.82) is 0 Å². The molecule has 6 saturated heterocycles. The molecule has 9 aromatic rings. The molecule has 111 heavy (non-hydrogen) atoms. The van der Waals surface area contributed by atoms with Crippen LogP contribution in [0.2, 0.25) is 5.15 Å². The van der Waals surface area contributed by atoms with Gasteiger partial charge in [-0.3, -0.25) is 0 Å². The second-order valence-corrected chi connectivity index (χ2v) is 31.5. The van der Waals surface area contributed by atoms with Crippen molar-refractivity contribution >= 4 is 41.1 Å². The van der Waals surface area contributed by atoms with E-state index in [9.17, 15) is 19.5 Å². The SMILES string of the molecule is COC(=O)c1cnc(Cl)cc1C.COC(=O)c1cnc(N2C3CC[C@H]2CC(OCc2c(-c4ccccc4C)noc2C2CC2)C3)cc1C.Cc1cc(N2C3CC[C@H]2CC(OCc2c(-c4ccccc4C)noc2C2CC2)C3)ncc1C(=O)O.Cc1ccccc1-c1noc(C2CC2)c1COC1CC2CC[C@@H](C1)N2.[I-].[K+].[OH-]. The summed E-state index contributed by atoms with van der Waals surface area (Å²) in [4.78, 5) is 52.2. The number of rotatable bonds is 20. The van der Waals surface area contributed by atoms with E-state index in [2.05, 4.69) is 132 Å². The number of ether oxygens (including phenoxy) is 5. The van der Waals surface area contributed by atoms with Crippen LogP contribution >= 0.6 is 11.6 Å². The number of aromatic carboxylic acids is 1. The molecule has 9 fully saturated rings. The minimum absolute atomic E-state index is 0. The Labute approximate surface area is 713 Å². The fourth-order valence-corrected chi connectivity index (χ4v) is 17.5. The van der Waals surface area contributed by atoms with E-state index in [0.717, 1.165) is 162 Å². The number of carbonyl (C=O) groups excluding carboxylic acids is 2. The molecule has 6 aromatic heterocycles. The minimum atomic E-state index is -0.930. The van der Waals surface area contributed by atoms with Gasteiger partial charge in [-0.2, -0.15) is 0 Å². The summed E-state index contributed by atoms with van der Waals surface area (Å²) in [6.07, 6.45) is 25.6. The van der Waals surface area contributed by atoms with Gasteiger partial charge in [-0.15, -0.1) is 0 Å². The molecular formula is C86H99ClIKN9O13-. The molecule has 18 rings (SSSR count). The van der Waals surface area contributed by atoms with Gasteiger partial charge >= 0.3 is 69.3 Å². The summed E-state index contributed by atoms with van der Waals surface area (Å²) < 4.78 is 46.5. The van der Waals surface area contributed by atoms with Crippen molar-refractivity contribution < 1.29 is 138 Å². The third-order valence-electron chi connectivity index (χ3n) is 23.5. The molecule has 0 radical (unpaired) electrons. The molecule has 0 amide bonds. The Morgan fingerprint density at radius 3 is 1.10 bits per heavy atom. The van der Waals surface area contributed by atoms with E-state index in [4.69, 9.17) is 44.1 Å². The van der Waals surface area contributed by atoms with Crippen molar-refractivity contribution in [2.24, 2.45) is 0 Å². The van der Waals surface area contributed by atoms with E-state index in [0.29, 0.717) is 96.2 Å². The molecule has 9 aliphatic rings. The van der Waals surface area contributed by atoms with Crippen molar-refractivity contribution in [3.8, 4) is 33.8 Å². The van der Waals surface area contributed by atoms with Crippen LogP contribution in [0.3, 0.4) is 0 Å². The van der Waals surface area contributed by atoms with Gasteiger partial charge in [-0.25, -0.2) is 29.3 Å². The smallest absolute Gasteiger partial charge is 1.00 e. The normalized spacial score (nSPS) is 22.4. The molecule has 6 unspecified atom stereocenters. The number of fused-ring (bicyclic) bond motifs is 6. The molecule has 25 heteroatoms. The quantitative estimate of drug-likeness (QED) is 0.0310. The van der Waals surface area contributed by atoms with Crippen LogP contribution in [0.15, 0.2) is 123 Å². The number of carbonyl (C=O) groups is 3. The number of methoxy groups -OCH3 is 2. The molecule has 3 N–H and O–H groups in total. The number of aryl methyl sites for hydroxylation is 6. The van der Waals surface area contributed by atoms with Crippen LogP contribution in [0.4, 0.5) is 11.6 Å². The first-order valence-corrected chi connectivity index (χ1v) is 39.1. The van der Waals surface area contributed by atoms with Gasteiger partial charge < -0.3 is 86.9 Å². The van der Waals surface area contributed by atoms with Crippen molar-refractivity contribution in [3.05, 3.63) is 199 Å². The van der Waals surface area contributed by atoms with Crippen LogP contribution < -0.4 is 90.5 Å². The largest absolute Gasteiger partial charge is 1.00 e. The maximum absolute atomic E-state index is 12.0. The zero-order valence-corrected chi connectivity index (χ0v) is 70.9. The summed E-state index contributed by atoms with van der Waals surface area (Å²) in [5.74, 6) is 4.75. The standard InChI is InChI=1S/C29H33N3O4.C28H31N3O4.C21H26N2O2.C8H8ClNO2.HI.K.H2O/c1-17-6-4-5-7-23(17)27-25(28(36-31-27)19-8-9-19)16-35-22-13-20-10-11-21(14-22)32(20)26-12-18(2)24(15-30-26)29(33)34-3;1-16-5-3-4-6-22(16)26-24(27(35-30-26)18-7-8-18)15-34-21-12-19-9-10-20(13-21)31(19)25-11-17(2)23(14-29-25)28(32)33;1-13-4-2-3-5-18(13)20-19(21(25-23-20)14-6-7-14)12-24-17-10-15-8-9-16(11-17)22-15;1-5-3-7(9)10-4-6(5)8(11)12-2;;;/h4-7,12,15,19-22H,8-11,13-14,16H2,1-3H3;3-6,11,14,18-21H,7-10,12-13,15H2,1-2H3,(H,32,33);2-5,14-17,22H,6-12H2,1H3;3-4H,1-2H3;1H;;1H2/q;;;;;+1;/p-2/t20-,21?,22?;19-,20?,21?;15-,16?,17?;;;;/m000..../s1. The molecule has 22 nitrogen and oxygen atoms in total. The Balaban J connectivity index is 0.000000144. The Hall–Kier alpha value is -6.79. The summed E-state index contributed by atoms with van der Waals surface area (Å²) in [5.41, 5.74) is 16.9. The minimum Gasteiger partial charge on any atom is -1.00 e. The van der Waals surface area contributed by atoms with Crippen molar-refractivity contribution in [2.75, 3.05) is 24.0 Å². The van der Waals surface area contributed by atoms with E-state index in [-0.39, 0.29) is 105 Å². The number of hydrogen-bond donors (Lipinski definition) is 2. The number of anilines is 2. The van der Waals surface area contributed by atoms with Crippen LogP contribution in [-0.2, 0) is 43.5 Å². The van der Waals surface area contributed by atoms with Gasteiger partial charge in [-0.1, -0.05) is 99.9 Å². The van der Waals surface area contributed by atoms with E-state index in [1.54, 1.807) is 19.2 Å². The molecule has 6 aliphatic heterocycles. The summed E-state index contributed by atoms with van der Waals surface area (Å²) in [7, 11) is 2.73. The maximum atomic E-state index is 12.0. The second-order valence-electron chi connectivity index (χ2n) is 31.2.